The number of hydrogen-bond donors (Lipinski definition) is 1. The van der Waals surface area contributed by atoms with E-state index in [1.165, 1.54) is 12.8 Å². The number of aromatic nitrogens is 1. The second kappa shape index (κ2) is 8.53. The minimum atomic E-state index is 0. The van der Waals surface area contributed by atoms with Crippen LogP contribution in [0.25, 0.3) is 11.3 Å². The van der Waals surface area contributed by atoms with Gasteiger partial charge in [0.15, 0.2) is 5.76 Å². The highest BCUT2D eigenvalue weighted by molar-refractivity contribution is 5.85. The fraction of sp³-hybridized carbons (Fsp3) is 0.438. The van der Waals surface area contributed by atoms with E-state index in [-0.39, 0.29) is 24.8 Å². The molecule has 1 fully saturated rings. The van der Waals surface area contributed by atoms with Crippen LogP contribution in [0.4, 0.5) is 0 Å². The van der Waals surface area contributed by atoms with Crippen molar-refractivity contribution in [3.63, 3.8) is 0 Å². The van der Waals surface area contributed by atoms with Crippen LogP contribution in [0.1, 0.15) is 18.7 Å². The molecule has 1 aliphatic rings. The summed E-state index contributed by atoms with van der Waals surface area (Å²) in [5, 5.41) is 0. The Morgan fingerprint density at radius 1 is 1.27 bits per heavy atom. The van der Waals surface area contributed by atoms with Crippen molar-refractivity contribution < 1.29 is 4.42 Å². The number of oxazole rings is 1. The number of nitrogens with two attached hydrogens (primary N) is 1. The predicted molar refractivity (Wildman–Crippen MR) is 93.5 cm³/mol. The van der Waals surface area contributed by atoms with Gasteiger partial charge in [0.05, 0.1) is 12.7 Å². The molecule has 4 nitrogen and oxygen atoms in total. The van der Waals surface area contributed by atoms with Crippen LogP contribution in [-0.4, -0.2) is 29.5 Å². The van der Waals surface area contributed by atoms with Crippen LogP contribution in [0.5, 0.6) is 0 Å². The molecule has 122 valence electrons. The Labute approximate surface area is 143 Å². The first-order chi connectivity index (χ1) is 9.78. The largest absolute Gasteiger partial charge is 0.439 e. The molecule has 1 aliphatic carbocycles. The van der Waals surface area contributed by atoms with E-state index in [0.29, 0.717) is 19.1 Å². The molecule has 1 saturated carbocycles. The van der Waals surface area contributed by atoms with E-state index in [1.807, 2.05) is 30.3 Å². The molecule has 1 aromatic heterocycles. The lowest BCUT2D eigenvalue weighted by molar-refractivity contribution is 0.197. The standard InChI is InChI=1S/C16H21N3O.2ClH/c1-19(14(9-17)12-7-8-12)11-16-18-10-15(20-16)13-5-3-2-4-6-13;;/h2-6,10,12,14H,7-9,11,17H2,1H3;2*1H. The van der Waals surface area contributed by atoms with Crippen molar-refractivity contribution >= 4 is 24.8 Å². The molecule has 2 N–H and O–H groups in total. The second-order valence-corrected chi connectivity index (χ2v) is 5.54. The second-order valence-electron chi connectivity index (χ2n) is 5.54. The van der Waals surface area contributed by atoms with Crippen LogP contribution in [-0.2, 0) is 6.54 Å². The number of benzene rings is 1. The lowest BCUT2D eigenvalue weighted by Crippen LogP contribution is -2.39. The van der Waals surface area contributed by atoms with Crippen molar-refractivity contribution in [3.8, 4) is 11.3 Å². The van der Waals surface area contributed by atoms with E-state index in [9.17, 15) is 0 Å². The smallest absolute Gasteiger partial charge is 0.209 e. The summed E-state index contributed by atoms with van der Waals surface area (Å²) in [4.78, 5) is 6.64. The third-order valence-corrected chi connectivity index (χ3v) is 3.97. The molecule has 0 radical (unpaired) electrons. The van der Waals surface area contributed by atoms with Gasteiger partial charge in [-0.2, -0.15) is 0 Å². The van der Waals surface area contributed by atoms with E-state index in [0.717, 1.165) is 23.1 Å². The molecule has 3 rings (SSSR count). The van der Waals surface area contributed by atoms with Crippen molar-refractivity contribution in [2.45, 2.75) is 25.4 Å². The van der Waals surface area contributed by atoms with Crippen LogP contribution in [0.15, 0.2) is 40.9 Å². The first-order valence-corrected chi connectivity index (χ1v) is 7.18. The molecular weight excluding hydrogens is 321 g/mol. The highest BCUT2D eigenvalue weighted by atomic mass is 35.5. The zero-order valence-corrected chi connectivity index (χ0v) is 14.3. The molecule has 0 amide bonds. The zero-order valence-electron chi connectivity index (χ0n) is 12.6. The molecule has 0 spiro atoms. The van der Waals surface area contributed by atoms with Crippen LogP contribution < -0.4 is 5.73 Å². The molecule has 1 atom stereocenters. The van der Waals surface area contributed by atoms with Gasteiger partial charge in [-0.25, -0.2) is 4.98 Å². The fourth-order valence-corrected chi connectivity index (χ4v) is 2.66. The predicted octanol–water partition coefficient (Wildman–Crippen LogP) is 3.35. The summed E-state index contributed by atoms with van der Waals surface area (Å²) in [6, 6.07) is 10.5. The Morgan fingerprint density at radius 2 is 1.95 bits per heavy atom. The third kappa shape index (κ3) is 4.46. The van der Waals surface area contributed by atoms with Gasteiger partial charge < -0.3 is 10.2 Å². The van der Waals surface area contributed by atoms with Crippen molar-refractivity contribution in [1.82, 2.24) is 9.88 Å². The summed E-state index contributed by atoms with van der Waals surface area (Å²) in [5.41, 5.74) is 6.93. The number of likely N-dealkylation sites (N-methyl/N-ethyl adjacent to an activating group) is 1. The lowest BCUT2D eigenvalue weighted by Gasteiger charge is -2.25. The Bertz CT molecular complexity index is 558. The summed E-state index contributed by atoms with van der Waals surface area (Å²) >= 11 is 0. The highest BCUT2D eigenvalue weighted by Gasteiger charge is 2.33. The van der Waals surface area contributed by atoms with E-state index in [1.54, 1.807) is 6.20 Å². The van der Waals surface area contributed by atoms with Gasteiger partial charge in [0.1, 0.15) is 0 Å². The molecule has 0 saturated heterocycles. The van der Waals surface area contributed by atoms with E-state index >= 15 is 0 Å². The molecule has 1 aromatic carbocycles. The monoisotopic (exact) mass is 343 g/mol. The topological polar surface area (TPSA) is 55.3 Å². The average Bonchev–Trinajstić information content (AvgIpc) is 3.19. The summed E-state index contributed by atoms with van der Waals surface area (Å²) in [7, 11) is 2.10. The van der Waals surface area contributed by atoms with Crippen LogP contribution in [0, 0.1) is 5.92 Å². The fourth-order valence-electron chi connectivity index (χ4n) is 2.66. The Hall–Kier alpha value is -1.07. The number of rotatable bonds is 6. The van der Waals surface area contributed by atoms with Crippen molar-refractivity contribution in [1.29, 1.82) is 0 Å². The minimum absolute atomic E-state index is 0. The molecule has 1 heterocycles. The Kier molecular flexibility index (Phi) is 7.36. The summed E-state index contributed by atoms with van der Waals surface area (Å²) in [5.74, 6) is 2.34. The maximum atomic E-state index is 5.87. The SMILES string of the molecule is CN(Cc1ncc(-c2ccccc2)o1)C(CN)C1CC1.Cl.Cl. The van der Waals surface area contributed by atoms with Gasteiger partial charge in [-0.15, -0.1) is 24.8 Å². The van der Waals surface area contributed by atoms with Gasteiger partial charge in [0, 0.05) is 18.2 Å². The number of hydrogen-bond acceptors (Lipinski definition) is 4. The van der Waals surface area contributed by atoms with E-state index in [4.69, 9.17) is 10.2 Å². The minimum Gasteiger partial charge on any atom is -0.439 e. The molecule has 22 heavy (non-hydrogen) atoms. The van der Waals surface area contributed by atoms with Gasteiger partial charge >= 0.3 is 0 Å². The maximum Gasteiger partial charge on any atom is 0.209 e. The van der Waals surface area contributed by atoms with Gasteiger partial charge in [-0.3, -0.25) is 4.90 Å². The highest BCUT2D eigenvalue weighted by Crippen LogP contribution is 2.35. The summed E-state index contributed by atoms with van der Waals surface area (Å²) in [6.45, 7) is 1.42. The van der Waals surface area contributed by atoms with Gasteiger partial charge in [0.2, 0.25) is 5.89 Å². The summed E-state index contributed by atoms with van der Waals surface area (Å²) in [6.07, 6.45) is 4.40. The van der Waals surface area contributed by atoms with Crippen molar-refractivity contribution in [3.05, 3.63) is 42.4 Å². The molecular formula is C16H23Cl2N3O. The van der Waals surface area contributed by atoms with Crippen LogP contribution >= 0.6 is 24.8 Å². The molecule has 2 aromatic rings. The van der Waals surface area contributed by atoms with Gasteiger partial charge in [0.25, 0.3) is 0 Å². The third-order valence-electron chi connectivity index (χ3n) is 3.97. The average molecular weight is 344 g/mol. The Morgan fingerprint density at radius 3 is 2.55 bits per heavy atom. The zero-order chi connectivity index (χ0) is 13.9. The first kappa shape index (κ1) is 19.0. The molecule has 1 unspecified atom stereocenters. The van der Waals surface area contributed by atoms with Crippen LogP contribution in [0.3, 0.4) is 0 Å². The van der Waals surface area contributed by atoms with Crippen molar-refractivity contribution in [2.75, 3.05) is 13.6 Å². The van der Waals surface area contributed by atoms with E-state index < -0.39 is 0 Å². The number of halogens is 2. The summed E-state index contributed by atoms with van der Waals surface area (Å²) < 4.78 is 5.84. The molecule has 0 aliphatic heterocycles. The number of nitrogens with zero attached hydrogens (tertiary/aromatic N) is 2. The normalized spacial score (nSPS) is 15.0. The lowest BCUT2D eigenvalue weighted by atomic mass is 10.1. The van der Waals surface area contributed by atoms with Gasteiger partial charge in [-0.05, 0) is 25.8 Å². The quantitative estimate of drug-likeness (QED) is 0.873. The van der Waals surface area contributed by atoms with Crippen molar-refractivity contribution in [2.24, 2.45) is 11.7 Å². The Balaban J connectivity index is 0.00000121. The van der Waals surface area contributed by atoms with Gasteiger partial charge in [-0.1, -0.05) is 30.3 Å². The maximum absolute atomic E-state index is 5.87. The van der Waals surface area contributed by atoms with E-state index in [2.05, 4.69) is 16.9 Å². The molecule has 6 heteroatoms. The van der Waals surface area contributed by atoms with Crippen LogP contribution in [0.2, 0.25) is 0 Å². The molecule has 0 bridgehead atoms. The first-order valence-electron chi connectivity index (χ1n) is 7.18.